The van der Waals surface area contributed by atoms with E-state index >= 15 is 0 Å². The Kier molecular flexibility index (Phi) is 4.92. The van der Waals surface area contributed by atoms with Crippen LogP contribution in [0.3, 0.4) is 0 Å². The van der Waals surface area contributed by atoms with Gasteiger partial charge in [-0.1, -0.05) is 5.21 Å². The Balaban J connectivity index is 1.99. The van der Waals surface area contributed by atoms with Crippen LogP contribution >= 0.6 is 11.8 Å². The van der Waals surface area contributed by atoms with Crippen LogP contribution in [0.5, 0.6) is 5.75 Å². The summed E-state index contributed by atoms with van der Waals surface area (Å²) >= 11 is 1.25. The number of amidine groups is 1. The van der Waals surface area contributed by atoms with E-state index in [0.29, 0.717) is 10.9 Å². The zero-order valence-corrected chi connectivity index (χ0v) is 16.5. The number of hydrogen-bond acceptors (Lipinski definition) is 7. The maximum atomic E-state index is 12.1. The summed E-state index contributed by atoms with van der Waals surface area (Å²) in [5, 5.41) is 17.1. The van der Waals surface area contributed by atoms with Crippen molar-refractivity contribution in [2.75, 3.05) is 7.11 Å². The first kappa shape index (κ1) is 18.9. The molecular formula is C17H20N6O3S. The van der Waals surface area contributed by atoms with Crippen LogP contribution in [0.15, 0.2) is 29.4 Å². The first-order chi connectivity index (χ1) is 12.8. The molecule has 0 radical (unpaired) electrons. The number of hydrazone groups is 1. The standard InChI is InChI=1S/C17H20N6O3S/c1-10-15(19-21-22(10)13-6-8-14(26-5)9-7-13)17(4)23(12(3)25)20-16(27-17)18-11(2)24/h6-9H,1-5H3,(H,18,20,24). The Morgan fingerprint density at radius 2 is 1.89 bits per heavy atom. The van der Waals surface area contributed by atoms with E-state index in [9.17, 15) is 9.59 Å². The Morgan fingerprint density at radius 3 is 2.44 bits per heavy atom. The van der Waals surface area contributed by atoms with Crippen LogP contribution in [0.1, 0.15) is 32.2 Å². The summed E-state index contributed by atoms with van der Waals surface area (Å²) in [6, 6.07) is 7.41. The highest BCUT2D eigenvalue weighted by Crippen LogP contribution is 2.45. The molecule has 0 saturated heterocycles. The molecule has 27 heavy (non-hydrogen) atoms. The minimum atomic E-state index is -0.918. The number of benzene rings is 1. The predicted molar refractivity (Wildman–Crippen MR) is 101 cm³/mol. The second-order valence-corrected chi connectivity index (χ2v) is 7.52. The molecule has 0 spiro atoms. The normalized spacial score (nSPS) is 19.0. The van der Waals surface area contributed by atoms with Crippen LogP contribution < -0.4 is 10.1 Å². The van der Waals surface area contributed by atoms with Crippen molar-refractivity contribution in [3.05, 3.63) is 35.7 Å². The van der Waals surface area contributed by atoms with Gasteiger partial charge in [-0.05, 0) is 49.9 Å². The van der Waals surface area contributed by atoms with Crippen LogP contribution in [0.2, 0.25) is 0 Å². The molecule has 142 valence electrons. The van der Waals surface area contributed by atoms with Gasteiger partial charge in [-0.25, -0.2) is 9.69 Å². The van der Waals surface area contributed by atoms with Gasteiger partial charge in [0.05, 0.1) is 18.5 Å². The van der Waals surface area contributed by atoms with Gasteiger partial charge in [-0.15, -0.1) is 10.2 Å². The van der Waals surface area contributed by atoms with Crippen molar-refractivity contribution >= 4 is 28.7 Å². The van der Waals surface area contributed by atoms with Gasteiger partial charge in [-0.2, -0.15) is 0 Å². The third kappa shape index (κ3) is 3.39. The lowest BCUT2D eigenvalue weighted by atomic mass is 10.1. The van der Waals surface area contributed by atoms with Gasteiger partial charge in [0.15, 0.2) is 10.0 Å². The van der Waals surface area contributed by atoms with Gasteiger partial charge in [0.25, 0.3) is 0 Å². The lowest BCUT2D eigenvalue weighted by Crippen LogP contribution is -2.38. The van der Waals surface area contributed by atoms with Crippen LogP contribution in [-0.4, -0.2) is 44.1 Å². The Labute approximate surface area is 160 Å². The SMILES string of the molecule is COc1ccc(-n2nnc(C3(C)SC(NC(C)=O)=NN3C(C)=O)c2C)cc1. The number of amides is 2. The summed E-state index contributed by atoms with van der Waals surface area (Å²) in [5.74, 6) is 0.225. The summed E-state index contributed by atoms with van der Waals surface area (Å²) in [4.78, 5) is 22.6. The van der Waals surface area contributed by atoms with Crippen molar-refractivity contribution in [1.82, 2.24) is 25.3 Å². The fraction of sp³-hybridized carbons (Fsp3) is 0.353. The summed E-state index contributed by atoms with van der Waals surface area (Å²) in [5.41, 5.74) is 2.17. The van der Waals surface area contributed by atoms with E-state index in [0.717, 1.165) is 17.1 Å². The highest BCUT2D eigenvalue weighted by molar-refractivity contribution is 8.14. The number of carbonyl (C=O) groups excluding carboxylic acids is 2. The first-order valence-corrected chi connectivity index (χ1v) is 9.01. The Morgan fingerprint density at radius 1 is 1.22 bits per heavy atom. The quantitative estimate of drug-likeness (QED) is 0.860. The molecule has 1 atom stereocenters. The molecule has 2 aromatic rings. The van der Waals surface area contributed by atoms with Crippen LogP contribution in [-0.2, 0) is 14.5 Å². The van der Waals surface area contributed by atoms with E-state index in [1.807, 2.05) is 38.1 Å². The van der Waals surface area contributed by atoms with Crippen molar-refractivity contribution in [2.24, 2.45) is 5.10 Å². The van der Waals surface area contributed by atoms with E-state index in [1.165, 1.54) is 30.6 Å². The molecule has 1 aromatic heterocycles. The number of nitrogens with zero attached hydrogens (tertiary/aromatic N) is 5. The monoisotopic (exact) mass is 388 g/mol. The number of methoxy groups -OCH3 is 1. The van der Waals surface area contributed by atoms with Gasteiger partial charge in [0.2, 0.25) is 11.8 Å². The van der Waals surface area contributed by atoms with Crippen molar-refractivity contribution in [2.45, 2.75) is 32.6 Å². The molecule has 1 aliphatic rings. The first-order valence-electron chi connectivity index (χ1n) is 8.19. The molecule has 1 unspecified atom stereocenters. The molecule has 2 amide bonds. The molecule has 9 nitrogen and oxygen atoms in total. The Bertz CT molecular complexity index is 923. The molecule has 10 heteroatoms. The fourth-order valence-corrected chi connectivity index (χ4v) is 4.12. The van der Waals surface area contributed by atoms with E-state index in [4.69, 9.17) is 4.74 Å². The number of thioether (sulfide) groups is 1. The van der Waals surface area contributed by atoms with Gasteiger partial charge in [0, 0.05) is 13.8 Å². The molecular weight excluding hydrogens is 368 g/mol. The average Bonchev–Trinajstić information content (AvgIpc) is 3.15. The largest absolute Gasteiger partial charge is 0.497 e. The topological polar surface area (TPSA) is 102 Å². The summed E-state index contributed by atoms with van der Waals surface area (Å²) in [6.45, 7) is 6.51. The smallest absolute Gasteiger partial charge is 0.241 e. The molecule has 1 aromatic carbocycles. The van der Waals surface area contributed by atoms with Crippen LogP contribution in [0, 0.1) is 6.92 Å². The molecule has 0 fully saturated rings. The highest BCUT2D eigenvalue weighted by atomic mass is 32.2. The third-order valence-electron chi connectivity index (χ3n) is 4.12. The minimum absolute atomic E-state index is 0.257. The zero-order chi connectivity index (χ0) is 19.8. The second-order valence-electron chi connectivity index (χ2n) is 6.14. The number of aromatic nitrogens is 3. The average molecular weight is 388 g/mol. The van der Waals surface area contributed by atoms with Crippen molar-refractivity contribution in [3.63, 3.8) is 0 Å². The van der Waals surface area contributed by atoms with E-state index in [-0.39, 0.29) is 11.8 Å². The number of rotatable bonds is 3. The van der Waals surface area contributed by atoms with Crippen molar-refractivity contribution in [1.29, 1.82) is 0 Å². The third-order valence-corrected chi connectivity index (χ3v) is 5.26. The maximum absolute atomic E-state index is 12.1. The summed E-state index contributed by atoms with van der Waals surface area (Å²) in [6.07, 6.45) is 0. The van der Waals surface area contributed by atoms with Crippen LogP contribution in [0.4, 0.5) is 0 Å². The lowest BCUT2D eigenvalue weighted by molar-refractivity contribution is -0.132. The molecule has 3 rings (SSSR count). The van der Waals surface area contributed by atoms with Crippen LogP contribution in [0.25, 0.3) is 5.69 Å². The minimum Gasteiger partial charge on any atom is -0.497 e. The predicted octanol–water partition coefficient (Wildman–Crippen LogP) is 1.76. The van der Waals surface area contributed by atoms with Gasteiger partial charge < -0.3 is 10.1 Å². The summed E-state index contributed by atoms with van der Waals surface area (Å²) in [7, 11) is 1.61. The Hall–Kier alpha value is -2.88. The van der Waals surface area contributed by atoms with E-state index in [1.54, 1.807) is 11.8 Å². The number of hydrogen-bond donors (Lipinski definition) is 1. The molecule has 0 aliphatic carbocycles. The number of nitrogens with one attached hydrogen (secondary N) is 1. The molecule has 1 aliphatic heterocycles. The fourth-order valence-electron chi connectivity index (χ4n) is 2.89. The lowest BCUT2D eigenvalue weighted by Gasteiger charge is -2.29. The molecule has 0 bridgehead atoms. The summed E-state index contributed by atoms with van der Waals surface area (Å²) < 4.78 is 6.87. The molecule has 0 saturated carbocycles. The highest BCUT2D eigenvalue weighted by Gasteiger charge is 2.47. The maximum Gasteiger partial charge on any atom is 0.241 e. The number of carbonyl (C=O) groups is 2. The van der Waals surface area contributed by atoms with Gasteiger partial charge in [-0.3, -0.25) is 9.59 Å². The number of ether oxygens (including phenoxy) is 1. The molecule has 1 N–H and O–H groups in total. The van der Waals surface area contributed by atoms with Crippen molar-refractivity contribution < 1.29 is 14.3 Å². The van der Waals surface area contributed by atoms with Crippen molar-refractivity contribution in [3.8, 4) is 11.4 Å². The zero-order valence-electron chi connectivity index (χ0n) is 15.7. The van der Waals surface area contributed by atoms with E-state index in [2.05, 4.69) is 20.7 Å². The molecule has 2 heterocycles. The second kappa shape index (κ2) is 7.03. The van der Waals surface area contributed by atoms with Gasteiger partial charge >= 0.3 is 0 Å². The van der Waals surface area contributed by atoms with Gasteiger partial charge in [0.1, 0.15) is 11.4 Å². The van der Waals surface area contributed by atoms with E-state index < -0.39 is 4.87 Å².